The molecule has 5 heteroatoms. The molecule has 0 saturated heterocycles. The number of aryl methyl sites for hydroxylation is 1. The predicted octanol–water partition coefficient (Wildman–Crippen LogP) is 4.09. The smallest absolute Gasteiger partial charge is 0.162 e. The molecule has 5 nitrogen and oxygen atoms in total. The number of ether oxygens (including phenoxy) is 2. The normalized spacial score (nSPS) is 10.6. The average molecular weight is 309 g/mol. The zero-order valence-corrected chi connectivity index (χ0v) is 13.5. The molecule has 3 rings (SSSR count). The summed E-state index contributed by atoms with van der Waals surface area (Å²) >= 11 is 0. The van der Waals surface area contributed by atoms with Crippen LogP contribution in [0.5, 0.6) is 11.5 Å². The highest BCUT2D eigenvalue weighted by Crippen LogP contribution is 2.32. The van der Waals surface area contributed by atoms with Crippen molar-refractivity contribution in [3.05, 3.63) is 48.3 Å². The van der Waals surface area contributed by atoms with E-state index in [-0.39, 0.29) is 0 Å². The lowest BCUT2D eigenvalue weighted by Crippen LogP contribution is -1.99. The van der Waals surface area contributed by atoms with Crippen LogP contribution in [0.1, 0.15) is 12.5 Å². The minimum Gasteiger partial charge on any atom is -0.493 e. The molecule has 0 spiro atoms. The second-order valence-electron chi connectivity index (χ2n) is 5.17. The molecule has 0 fully saturated rings. The van der Waals surface area contributed by atoms with E-state index in [1.807, 2.05) is 37.3 Å². The first-order valence-corrected chi connectivity index (χ1v) is 7.50. The fourth-order valence-electron chi connectivity index (χ4n) is 2.43. The van der Waals surface area contributed by atoms with Gasteiger partial charge in [0.25, 0.3) is 0 Å². The SMILES string of the molecule is CCOc1ccc(Nc2ncnc3ccc(C)cc23)cc1OC. The maximum Gasteiger partial charge on any atom is 0.162 e. The number of benzene rings is 2. The van der Waals surface area contributed by atoms with Gasteiger partial charge in [0.05, 0.1) is 19.2 Å². The van der Waals surface area contributed by atoms with E-state index < -0.39 is 0 Å². The van der Waals surface area contributed by atoms with Crippen LogP contribution >= 0.6 is 0 Å². The Hall–Kier alpha value is -2.82. The molecular formula is C18H19N3O2. The lowest BCUT2D eigenvalue weighted by atomic mass is 10.1. The summed E-state index contributed by atoms with van der Waals surface area (Å²) in [6, 6.07) is 11.8. The molecule has 23 heavy (non-hydrogen) atoms. The molecule has 1 heterocycles. The topological polar surface area (TPSA) is 56.3 Å². The molecule has 0 bridgehead atoms. The van der Waals surface area contributed by atoms with Gasteiger partial charge in [-0.25, -0.2) is 9.97 Å². The largest absolute Gasteiger partial charge is 0.493 e. The Bertz CT molecular complexity index is 834. The summed E-state index contributed by atoms with van der Waals surface area (Å²) in [6.07, 6.45) is 1.56. The molecule has 2 aromatic carbocycles. The van der Waals surface area contributed by atoms with Gasteiger partial charge < -0.3 is 14.8 Å². The van der Waals surface area contributed by atoms with Crippen molar-refractivity contribution in [1.82, 2.24) is 9.97 Å². The Morgan fingerprint density at radius 3 is 2.70 bits per heavy atom. The number of nitrogens with zero attached hydrogens (tertiary/aromatic N) is 2. The molecule has 0 aliphatic carbocycles. The van der Waals surface area contributed by atoms with Crippen LogP contribution in [0, 0.1) is 6.92 Å². The molecule has 0 aliphatic heterocycles. The van der Waals surface area contributed by atoms with E-state index in [0.29, 0.717) is 12.4 Å². The standard InChI is InChI=1S/C18H19N3O2/c1-4-23-16-8-6-13(10-17(16)22-3)21-18-14-9-12(2)5-7-15(14)19-11-20-18/h5-11H,4H2,1-3H3,(H,19,20,21). The van der Waals surface area contributed by atoms with Crippen LogP contribution in [0.2, 0.25) is 0 Å². The number of aromatic nitrogens is 2. The third-order valence-electron chi connectivity index (χ3n) is 3.52. The van der Waals surface area contributed by atoms with Crippen LogP contribution in [0.25, 0.3) is 10.9 Å². The molecule has 118 valence electrons. The van der Waals surface area contributed by atoms with Gasteiger partial charge in [0, 0.05) is 17.1 Å². The third kappa shape index (κ3) is 3.18. The van der Waals surface area contributed by atoms with Gasteiger partial charge in [0.1, 0.15) is 12.1 Å². The Labute approximate surface area is 135 Å². The maximum absolute atomic E-state index is 5.54. The van der Waals surface area contributed by atoms with E-state index in [2.05, 4.69) is 28.3 Å². The summed E-state index contributed by atoms with van der Waals surface area (Å²) in [4.78, 5) is 8.66. The van der Waals surface area contributed by atoms with Crippen LogP contribution in [0.3, 0.4) is 0 Å². The van der Waals surface area contributed by atoms with Crippen LogP contribution in [-0.2, 0) is 0 Å². The van der Waals surface area contributed by atoms with Gasteiger partial charge in [-0.15, -0.1) is 0 Å². The van der Waals surface area contributed by atoms with Crippen molar-refractivity contribution >= 4 is 22.4 Å². The van der Waals surface area contributed by atoms with Crippen LogP contribution in [-0.4, -0.2) is 23.7 Å². The molecule has 0 atom stereocenters. The van der Waals surface area contributed by atoms with Crippen LogP contribution in [0.15, 0.2) is 42.7 Å². The number of anilines is 2. The summed E-state index contributed by atoms with van der Waals surface area (Å²) in [7, 11) is 1.63. The van der Waals surface area contributed by atoms with Crippen molar-refractivity contribution in [2.24, 2.45) is 0 Å². The second-order valence-corrected chi connectivity index (χ2v) is 5.17. The monoisotopic (exact) mass is 309 g/mol. The summed E-state index contributed by atoms with van der Waals surface area (Å²) in [5.74, 6) is 2.18. The van der Waals surface area contributed by atoms with E-state index in [1.54, 1.807) is 13.4 Å². The van der Waals surface area contributed by atoms with E-state index in [0.717, 1.165) is 28.2 Å². The summed E-state index contributed by atoms with van der Waals surface area (Å²) in [6.45, 7) is 4.59. The molecule has 0 radical (unpaired) electrons. The van der Waals surface area contributed by atoms with Gasteiger partial charge in [-0.1, -0.05) is 11.6 Å². The highest BCUT2D eigenvalue weighted by Gasteiger charge is 2.08. The van der Waals surface area contributed by atoms with Crippen molar-refractivity contribution in [3.63, 3.8) is 0 Å². The van der Waals surface area contributed by atoms with E-state index in [9.17, 15) is 0 Å². The van der Waals surface area contributed by atoms with Gasteiger partial charge in [-0.05, 0) is 38.1 Å². The molecule has 0 aliphatic rings. The van der Waals surface area contributed by atoms with Crippen LogP contribution < -0.4 is 14.8 Å². The molecule has 3 aromatic rings. The number of fused-ring (bicyclic) bond motifs is 1. The van der Waals surface area contributed by atoms with Crippen molar-refractivity contribution in [1.29, 1.82) is 0 Å². The number of nitrogens with one attached hydrogen (secondary N) is 1. The van der Waals surface area contributed by atoms with E-state index in [4.69, 9.17) is 9.47 Å². The van der Waals surface area contributed by atoms with Crippen LogP contribution in [0.4, 0.5) is 11.5 Å². The lowest BCUT2D eigenvalue weighted by Gasteiger charge is -2.13. The van der Waals surface area contributed by atoms with E-state index >= 15 is 0 Å². The minimum atomic E-state index is 0.596. The molecule has 0 unspecified atom stereocenters. The highest BCUT2D eigenvalue weighted by molar-refractivity contribution is 5.91. The second kappa shape index (κ2) is 6.52. The molecular weight excluding hydrogens is 290 g/mol. The molecule has 0 amide bonds. The number of rotatable bonds is 5. The molecule has 1 aromatic heterocycles. The van der Waals surface area contributed by atoms with Crippen molar-refractivity contribution in [3.8, 4) is 11.5 Å². The Kier molecular flexibility index (Phi) is 4.28. The zero-order valence-electron chi connectivity index (χ0n) is 13.5. The number of hydrogen-bond donors (Lipinski definition) is 1. The summed E-state index contributed by atoms with van der Waals surface area (Å²) in [5.41, 5.74) is 2.96. The van der Waals surface area contributed by atoms with Gasteiger partial charge in [-0.3, -0.25) is 0 Å². The van der Waals surface area contributed by atoms with E-state index in [1.165, 1.54) is 5.56 Å². The quantitative estimate of drug-likeness (QED) is 0.769. The van der Waals surface area contributed by atoms with Gasteiger partial charge >= 0.3 is 0 Å². The summed E-state index contributed by atoms with van der Waals surface area (Å²) in [5, 5.41) is 4.32. The Balaban J connectivity index is 1.97. The average Bonchev–Trinajstić information content (AvgIpc) is 2.57. The van der Waals surface area contributed by atoms with Crippen molar-refractivity contribution < 1.29 is 9.47 Å². The highest BCUT2D eigenvalue weighted by atomic mass is 16.5. The first-order chi connectivity index (χ1) is 11.2. The zero-order chi connectivity index (χ0) is 16.2. The molecule has 1 N–H and O–H groups in total. The van der Waals surface area contributed by atoms with Gasteiger partial charge in [0.15, 0.2) is 11.5 Å². The number of hydrogen-bond acceptors (Lipinski definition) is 5. The summed E-state index contributed by atoms with van der Waals surface area (Å²) < 4.78 is 10.9. The minimum absolute atomic E-state index is 0.596. The Morgan fingerprint density at radius 1 is 1.04 bits per heavy atom. The van der Waals surface area contributed by atoms with Gasteiger partial charge in [-0.2, -0.15) is 0 Å². The fraction of sp³-hybridized carbons (Fsp3) is 0.222. The third-order valence-corrected chi connectivity index (χ3v) is 3.52. The van der Waals surface area contributed by atoms with Crippen molar-refractivity contribution in [2.45, 2.75) is 13.8 Å². The van der Waals surface area contributed by atoms with Crippen molar-refractivity contribution in [2.75, 3.05) is 19.0 Å². The Morgan fingerprint density at radius 2 is 1.91 bits per heavy atom. The first-order valence-electron chi connectivity index (χ1n) is 7.50. The predicted molar refractivity (Wildman–Crippen MR) is 91.7 cm³/mol. The number of methoxy groups -OCH3 is 1. The molecule has 0 saturated carbocycles. The first kappa shape index (κ1) is 15.1. The maximum atomic E-state index is 5.54. The lowest BCUT2D eigenvalue weighted by molar-refractivity contribution is 0.311. The van der Waals surface area contributed by atoms with Gasteiger partial charge in [0.2, 0.25) is 0 Å². The fourth-order valence-corrected chi connectivity index (χ4v) is 2.43.